The molecule has 0 saturated carbocycles. The van der Waals surface area contributed by atoms with E-state index in [9.17, 15) is 13.6 Å². The lowest BCUT2D eigenvalue weighted by atomic mass is 9.60. The number of halogens is 2. The lowest BCUT2D eigenvalue weighted by molar-refractivity contribution is -0.119. The van der Waals surface area contributed by atoms with E-state index in [4.69, 9.17) is 0 Å². The zero-order valence-corrected chi connectivity index (χ0v) is 14.7. The summed E-state index contributed by atoms with van der Waals surface area (Å²) in [6.45, 7) is 5.68. The summed E-state index contributed by atoms with van der Waals surface area (Å²) in [4.78, 5) is 14.9. The minimum atomic E-state index is -2.32. The monoisotopic (exact) mass is 350 g/mol. The number of nitrogens with zero attached hydrogens (tertiary/aromatic N) is 3. The van der Waals surface area contributed by atoms with Gasteiger partial charge in [-0.15, -0.1) is 5.11 Å². The van der Waals surface area contributed by atoms with Gasteiger partial charge in [-0.2, -0.15) is 5.11 Å². The van der Waals surface area contributed by atoms with Crippen LogP contribution in [0.1, 0.15) is 39.5 Å². The maximum absolute atomic E-state index is 13.1. The van der Waals surface area contributed by atoms with Crippen molar-refractivity contribution in [3.05, 3.63) is 22.7 Å². The predicted molar refractivity (Wildman–Crippen MR) is 89.0 cm³/mol. The molecule has 0 radical (unpaired) electrons. The molecule has 0 aromatic heterocycles. The fourth-order valence-corrected chi connectivity index (χ4v) is 4.93. The van der Waals surface area contributed by atoms with Crippen molar-refractivity contribution < 1.29 is 13.6 Å². The van der Waals surface area contributed by atoms with Gasteiger partial charge in [-0.3, -0.25) is 9.69 Å². The summed E-state index contributed by atoms with van der Waals surface area (Å²) in [5, 5.41) is 11.8. The van der Waals surface area contributed by atoms with Crippen molar-refractivity contribution >= 4 is 5.78 Å². The average molecular weight is 350 g/mol. The zero-order valence-electron chi connectivity index (χ0n) is 14.7. The first-order valence-corrected chi connectivity index (χ1v) is 8.96. The number of Topliss-reactive ketones (excluding diaryl/α,β-unsaturated/α-hetero) is 1. The lowest BCUT2D eigenvalue weighted by Gasteiger charge is -2.49. The Morgan fingerprint density at radius 1 is 1.24 bits per heavy atom. The number of rotatable bonds is 2. The highest BCUT2D eigenvalue weighted by Gasteiger charge is 2.52. The van der Waals surface area contributed by atoms with Gasteiger partial charge in [0.05, 0.1) is 13.1 Å². The summed E-state index contributed by atoms with van der Waals surface area (Å²) < 4.78 is 25.5. The normalized spacial score (nSPS) is 27.8. The Labute approximate surface area is 146 Å². The van der Waals surface area contributed by atoms with Crippen LogP contribution in [0.5, 0.6) is 0 Å². The maximum atomic E-state index is 13.1. The van der Waals surface area contributed by atoms with Crippen LogP contribution in [0.25, 0.3) is 0 Å². The minimum Gasteiger partial charge on any atom is -0.342 e. The number of hydrogen-bond acceptors (Lipinski definition) is 5. The fraction of sp³-hybridized carbons (Fsp3) is 0.722. The van der Waals surface area contributed by atoms with Crippen LogP contribution in [0, 0.1) is 10.8 Å². The molecule has 0 unspecified atom stereocenters. The number of nitrogens with one attached hydrogen (secondary N) is 1. The van der Waals surface area contributed by atoms with E-state index in [0.717, 1.165) is 29.1 Å². The smallest absolute Gasteiger partial charge is 0.251 e. The first kappa shape index (κ1) is 16.8. The van der Waals surface area contributed by atoms with Gasteiger partial charge in [-0.05, 0) is 37.8 Å². The third-order valence-electron chi connectivity index (χ3n) is 5.99. The van der Waals surface area contributed by atoms with Gasteiger partial charge in [0.1, 0.15) is 0 Å². The van der Waals surface area contributed by atoms with Crippen molar-refractivity contribution in [3.8, 4) is 0 Å². The second kappa shape index (κ2) is 5.69. The van der Waals surface area contributed by atoms with Crippen LogP contribution in [0.15, 0.2) is 32.9 Å². The third-order valence-corrected chi connectivity index (χ3v) is 5.99. The van der Waals surface area contributed by atoms with Crippen LogP contribution in [-0.4, -0.2) is 43.3 Å². The lowest BCUT2D eigenvalue weighted by Crippen LogP contribution is -2.50. The molecular weight excluding hydrogens is 326 g/mol. The molecule has 0 amide bonds. The highest BCUT2D eigenvalue weighted by molar-refractivity contribution is 6.00. The highest BCUT2D eigenvalue weighted by Crippen LogP contribution is 2.54. The standard InChI is InChI=1S/C18H24F2N4O/c1-17(2)7-12-15(13(25)8-17)18(11-9-21-23-16(11)22-12)3-5-24(6-4-18)10-14(19)20/h14,22H,3-10H2,1-2H3. The number of likely N-dealkylation sites (tertiary alicyclic amines) is 1. The van der Waals surface area contributed by atoms with E-state index in [-0.39, 0.29) is 23.2 Å². The summed E-state index contributed by atoms with van der Waals surface area (Å²) >= 11 is 0. The maximum Gasteiger partial charge on any atom is 0.251 e. The van der Waals surface area contributed by atoms with Gasteiger partial charge in [0.15, 0.2) is 11.6 Å². The van der Waals surface area contributed by atoms with Gasteiger partial charge in [-0.1, -0.05) is 13.8 Å². The molecule has 3 aliphatic heterocycles. The van der Waals surface area contributed by atoms with Gasteiger partial charge < -0.3 is 5.32 Å². The quantitative estimate of drug-likeness (QED) is 0.832. The number of piperidine rings is 1. The molecule has 136 valence electrons. The Hall–Kier alpha value is -1.63. The third kappa shape index (κ3) is 2.72. The van der Waals surface area contributed by atoms with Crippen molar-refractivity contribution in [2.24, 2.45) is 21.1 Å². The number of allylic oxidation sites excluding steroid dienone is 2. The molecule has 5 nitrogen and oxygen atoms in total. The number of carbonyl (C=O) groups is 1. The van der Waals surface area contributed by atoms with E-state index in [2.05, 4.69) is 29.4 Å². The van der Waals surface area contributed by atoms with Gasteiger partial charge in [0, 0.05) is 28.7 Å². The van der Waals surface area contributed by atoms with E-state index in [1.165, 1.54) is 0 Å². The minimum absolute atomic E-state index is 0.0751. The zero-order chi connectivity index (χ0) is 17.8. The highest BCUT2D eigenvalue weighted by atomic mass is 19.3. The van der Waals surface area contributed by atoms with Crippen molar-refractivity contribution in [2.45, 2.75) is 46.0 Å². The molecular formula is C18H24F2N4O. The summed E-state index contributed by atoms with van der Waals surface area (Å²) in [6.07, 6.45) is 0.405. The van der Waals surface area contributed by atoms with E-state index < -0.39 is 6.43 Å². The molecule has 3 heterocycles. The first-order chi connectivity index (χ1) is 11.8. The van der Waals surface area contributed by atoms with Crippen LogP contribution in [-0.2, 0) is 4.79 Å². The molecule has 1 fully saturated rings. The van der Waals surface area contributed by atoms with Gasteiger partial charge >= 0.3 is 0 Å². The van der Waals surface area contributed by atoms with Gasteiger partial charge in [0.25, 0.3) is 6.43 Å². The summed E-state index contributed by atoms with van der Waals surface area (Å²) in [7, 11) is 0. The first-order valence-electron chi connectivity index (χ1n) is 8.96. The second-order valence-corrected chi connectivity index (χ2v) is 8.42. The Kier molecular flexibility index (Phi) is 3.83. The van der Waals surface area contributed by atoms with Crippen molar-refractivity contribution in [1.29, 1.82) is 0 Å². The molecule has 4 aliphatic rings. The van der Waals surface area contributed by atoms with E-state index in [0.29, 0.717) is 38.9 Å². The molecule has 1 saturated heterocycles. The molecule has 1 spiro atoms. The number of azo groups is 1. The SMILES string of the molecule is CC1(C)CC(=O)C2=C(C1)NC1=C(CN=N1)C21CCN(CC(F)F)CC1. The number of ketones is 1. The Balaban J connectivity index is 1.70. The molecule has 0 aromatic rings. The molecule has 0 atom stereocenters. The van der Waals surface area contributed by atoms with Gasteiger partial charge in [0.2, 0.25) is 0 Å². The van der Waals surface area contributed by atoms with Crippen molar-refractivity contribution in [3.63, 3.8) is 0 Å². The number of alkyl halides is 2. The van der Waals surface area contributed by atoms with Crippen LogP contribution >= 0.6 is 0 Å². The van der Waals surface area contributed by atoms with Crippen LogP contribution in [0.2, 0.25) is 0 Å². The van der Waals surface area contributed by atoms with Gasteiger partial charge in [-0.25, -0.2) is 8.78 Å². The van der Waals surface area contributed by atoms with Crippen molar-refractivity contribution in [1.82, 2.24) is 10.2 Å². The molecule has 0 bridgehead atoms. The van der Waals surface area contributed by atoms with E-state index >= 15 is 0 Å². The van der Waals surface area contributed by atoms with Crippen LogP contribution in [0.4, 0.5) is 8.78 Å². The summed E-state index contributed by atoms with van der Waals surface area (Å²) in [5.41, 5.74) is 2.49. The molecule has 1 N–H and O–H groups in total. The molecule has 7 heteroatoms. The number of dihydropyridines is 1. The Bertz CT molecular complexity index is 700. The largest absolute Gasteiger partial charge is 0.342 e. The fourth-order valence-electron chi connectivity index (χ4n) is 4.93. The predicted octanol–water partition coefficient (Wildman–Crippen LogP) is 3.26. The Morgan fingerprint density at radius 3 is 2.64 bits per heavy atom. The molecule has 0 aromatic carbocycles. The molecule has 4 rings (SSSR count). The average Bonchev–Trinajstić information content (AvgIpc) is 2.96. The number of hydrogen-bond donors (Lipinski definition) is 1. The topological polar surface area (TPSA) is 57.1 Å². The molecule has 25 heavy (non-hydrogen) atoms. The molecule has 1 aliphatic carbocycles. The number of fused-ring (bicyclic) bond motifs is 2. The summed E-state index contributed by atoms with van der Waals surface area (Å²) in [5.74, 6) is 0.978. The number of carbonyl (C=O) groups excluding carboxylic acids is 1. The van der Waals surface area contributed by atoms with E-state index in [1.54, 1.807) is 4.90 Å². The summed E-state index contributed by atoms with van der Waals surface area (Å²) in [6, 6.07) is 0. The Morgan fingerprint density at radius 2 is 1.96 bits per heavy atom. The van der Waals surface area contributed by atoms with Crippen LogP contribution < -0.4 is 5.32 Å². The van der Waals surface area contributed by atoms with Crippen molar-refractivity contribution in [2.75, 3.05) is 26.2 Å². The van der Waals surface area contributed by atoms with Crippen LogP contribution in [0.3, 0.4) is 0 Å². The second-order valence-electron chi connectivity index (χ2n) is 8.42. The van der Waals surface area contributed by atoms with E-state index in [1.807, 2.05) is 0 Å².